The molecule has 0 spiro atoms. The van der Waals surface area contributed by atoms with E-state index in [1.165, 1.54) is 10.5 Å². The summed E-state index contributed by atoms with van der Waals surface area (Å²) >= 11 is 1.61. The first-order valence-corrected chi connectivity index (χ1v) is 10.1. The first kappa shape index (κ1) is 19.4. The monoisotopic (exact) mass is 387 g/mol. The van der Waals surface area contributed by atoms with Gasteiger partial charge >= 0.3 is 6.03 Å². The van der Waals surface area contributed by atoms with Crippen LogP contribution < -0.4 is 5.32 Å². The first-order chi connectivity index (χ1) is 12.9. The minimum atomic E-state index is -0.807. The molecule has 0 unspecified atom stereocenters. The van der Waals surface area contributed by atoms with Crippen LogP contribution in [0.4, 0.5) is 4.79 Å². The lowest BCUT2D eigenvalue weighted by atomic mass is 10.1. The van der Waals surface area contributed by atoms with Crippen LogP contribution in [0, 0.1) is 0 Å². The molecule has 3 rings (SSSR count). The van der Waals surface area contributed by atoms with Crippen molar-refractivity contribution in [3.63, 3.8) is 0 Å². The molecule has 0 atom stereocenters. The summed E-state index contributed by atoms with van der Waals surface area (Å²) in [6, 6.07) is 9.91. The van der Waals surface area contributed by atoms with Gasteiger partial charge in [0, 0.05) is 25.3 Å². The topological polar surface area (TPSA) is 80.1 Å². The molecule has 0 saturated carbocycles. The van der Waals surface area contributed by atoms with E-state index in [0.717, 1.165) is 29.7 Å². The molecule has 1 aromatic carbocycles. The summed E-state index contributed by atoms with van der Waals surface area (Å²) in [5.74, 6) is 1.54. The number of imide groups is 1. The van der Waals surface area contributed by atoms with Gasteiger partial charge in [0.1, 0.15) is 11.4 Å². The number of aromatic nitrogens is 3. The summed E-state index contributed by atoms with van der Waals surface area (Å²) in [5, 5.41) is 12.2. The van der Waals surface area contributed by atoms with Gasteiger partial charge in [0.2, 0.25) is 0 Å². The SMILES string of the molecule is CCn1c(Cc2ccccc2)nnc1SCCCN1C(=O)NC(C)(C)C1=O. The van der Waals surface area contributed by atoms with Crippen molar-refractivity contribution in [2.75, 3.05) is 12.3 Å². The Balaban J connectivity index is 1.54. The van der Waals surface area contributed by atoms with E-state index in [4.69, 9.17) is 0 Å². The molecule has 1 aromatic heterocycles. The average Bonchev–Trinajstić information content (AvgIpc) is 3.11. The van der Waals surface area contributed by atoms with Crippen LogP contribution in [0.1, 0.15) is 38.6 Å². The second-order valence-corrected chi connectivity index (χ2v) is 8.08. The smallest absolute Gasteiger partial charge is 0.324 e. The van der Waals surface area contributed by atoms with E-state index >= 15 is 0 Å². The highest BCUT2D eigenvalue weighted by atomic mass is 32.2. The van der Waals surface area contributed by atoms with E-state index in [1.807, 2.05) is 18.2 Å². The van der Waals surface area contributed by atoms with Crippen molar-refractivity contribution in [1.82, 2.24) is 25.0 Å². The van der Waals surface area contributed by atoms with E-state index < -0.39 is 5.54 Å². The fourth-order valence-corrected chi connectivity index (χ4v) is 4.00. The number of hydrogen-bond donors (Lipinski definition) is 1. The highest BCUT2D eigenvalue weighted by Crippen LogP contribution is 2.21. The quantitative estimate of drug-likeness (QED) is 0.428. The summed E-state index contributed by atoms with van der Waals surface area (Å²) in [6.45, 7) is 6.74. The molecule has 0 bridgehead atoms. The molecule has 1 N–H and O–H groups in total. The van der Waals surface area contributed by atoms with Gasteiger partial charge in [-0.25, -0.2) is 4.79 Å². The highest BCUT2D eigenvalue weighted by molar-refractivity contribution is 7.99. The van der Waals surface area contributed by atoms with Crippen LogP contribution >= 0.6 is 11.8 Å². The van der Waals surface area contributed by atoms with E-state index in [2.05, 4.69) is 39.1 Å². The van der Waals surface area contributed by atoms with Gasteiger partial charge in [0.05, 0.1) is 0 Å². The first-order valence-electron chi connectivity index (χ1n) is 9.15. The molecular weight excluding hydrogens is 362 g/mol. The Bertz CT molecular complexity index is 819. The molecule has 2 aromatic rings. The van der Waals surface area contributed by atoms with E-state index in [-0.39, 0.29) is 11.9 Å². The van der Waals surface area contributed by atoms with Crippen molar-refractivity contribution in [2.45, 2.75) is 50.9 Å². The lowest BCUT2D eigenvalue weighted by Crippen LogP contribution is -2.40. The van der Waals surface area contributed by atoms with Gasteiger partial charge in [0.15, 0.2) is 5.16 Å². The molecule has 1 fully saturated rings. The number of amides is 3. The minimum absolute atomic E-state index is 0.167. The van der Waals surface area contributed by atoms with Crippen molar-refractivity contribution < 1.29 is 9.59 Å². The molecule has 2 heterocycles. The van der Waals surface area contributed by atoms with Crippen molar-refractivity contribution in [2.24, 2.45) is 0 Å². The number of rotatable bonds is 8. The average molecular weight is 388 g/mol. The number of hydrogen-bond acceptors (Lipinski definition) is 5. The molecule has 144 valence electrons. The lowest BCUT2D eigenvalue weighted by molar-refractivity contribution is -0.130. The molecule has 1 saturated heterocycles. The van der Waals surface area contributed by atoms with Crippen LogP contribution in [0.25, 0.3) is 0 Å². The van der Waals surface area contributed by atoms with Gasteiger partial charge in [-0.15, -0.1) is 10.2 Å². The maximum Gasteiger partial charge on any atom is 0.325 e. The second-order valence-electron chi connectivity index (χ2n) is 7.02. The summed E-state index contributed by atoms with van der Waals surface area (Å²) in [7, 11) is 0. The van der Waals surface area contributed by atoms with Crippen LogP contribution in [-0.4, -0.2) is 49.4 Å². The van der Waals surface area contributed by atoms with Gasteiger partial charge in [-0.05, 0) is 32.8 Å². The fraction of sp³-hybridized carbons (Fsp3) is 0.474. The van der Waals surface area contributed by atoms with Crippen molar-refractivity contribution in [3.8, 4) is 0 Å². The summed E-state index contributed by atoms with van der Waals surface area (Å²) in [5.41, 5.74) is 0.399. The Kier molecular flexibility index (Phi) is 5.84. The van der Waals surface area contributed by atoms with Crippen LogP contribution in [0.15, 0.2) is 35.5 Å². The molecule has 0 aliphatic carbocycles. The Morgan fingerprint density at radius 1 is 1.15 bits per heavy atom. The van der Waals surface area contributed by atoms with Gasteiger partial charge in [-0.3, -0.25) is 9.69 Å². The van der Waals surface area contributed by atoms with Crippen molar-refractivity contribution in [3.05, 3.63) is 41.7 Å². The van der Waals surface area contributed by atoms with Gasteiger partial charge < -0.3 is 9.88 Å². The number of nitrogens with zero attached hydrogens (tertiary/aromatic N) is 4. The van der Waals surface area contributed by atoms with Crippen LogP contribution in [-0.2, 0) is 17.8 Å². The molecule has 27 heavy (non-hydrogen) atoms. The normalized spacial score (nSPS) is 16.0. The zero-order chi connectivity index (χ0) is 19.4. The number of nitrogens with one attached hydrogen (secondary N) is 1. The van der Waals surface area contributed by atoms with E-state index in [1.54, 1.807) is 25.6 Å². The molecule has 7 nitrogen and oxygen atoms in total. The third kappa shape index (κ3) is 4.32. The lowest BCUT2D eigenvalue weighted by Gasteiger charge is -2.15. The van der Waals surface area contributed by atoms with Crippen molar-refractivity contribution >= 4 is 23.7 Å². The summed E-state index contributed by atoms with van der Waals surface area (Å²) in [6.07, 6.45) is 1.46. The Hall–Kier alpha value is -2.35. The van der Waals surface area contributed by atoms with Crippen molar-refractivity contribution in [1.29, 1.82) is 0 Å². The Morgan fingerprint density at radius 2 is 1.89 bits per heavy atom. The van der Waals surface area contributed by atoms with Crippen LogP contribution in [0.3, 0.4) is 0 Å². The van der Waals surface area contributed by atoms with E-state index in [0.29, 0.717) is 13.0 Å². The number of carbonyl (C=O) groups is 2. The predicted octanol–water partition coefficient (Wildman–Crippen LogP) is 2.70. The summed E-state index contributed by atoms with van der Waals surface area (Å²) < 4.78 is 2.12. The fourth-order valence-electron chi connectivity index (χ4n) is 3.06. The molecule has 1 aliphatic rings. The standard InChI is InChI=1S/C19H25N5O2S/c1-4-23-15(13-14-9-6-5-7-10-14)21-22-18(23)27-12-8-11-24-16(25)19(2,3)20-17(24)26/h5-7,9-10H,4,8,11-13H2,1-3H3,(H,20,26). The Labute approximate surface area is 163 Å². The number of benzene rings is 1. The zero-order valence-corrected chi connectivity index (χ0v) is 16.8. The predicted molar refractivity (Wildman–Crippen MR) is 105 cm³/mol. The zero-order valence-electron chi connectivity index (χ0n) is 15.9. The molecular formula is C19H25N5O2S. The van der Waals surface area contributed by atoms with Crippen LogP contribution in [0.2, 0.25) is 0 Å². The van der Waals surface area contributed by atoms with Crippen LogP contribution in [0.5, 0.6) is 0 Å². The Morgan fingerprint density at radius 3 is 2.52 bits per heavy atom. The maximum atomic E-state index is 12.2. The molecule has 1 aliphatic heterocycles. The van der Waals surface area contributed by atoms with E-state index in [9.17, 15) is 9.59 Å². The molecule has 0 radical (unpaired) electrons. The molecule has 3 amide bonds. The maximum absolute atomic E-state index is 12.2. The third-order valence-electron chi connectivity index (χ3n) is 4.52. The van der Waals surface area contributed by atoms with Gasteiger partial charge in [-0.1, -0.05) is 42.1 Å². The number of carbonyl (C=O) groups excluding carboxylic acids is 2. The second kappa shape index (κ2) is 8.12. The van der Waals surface area contributed by atoms with Gasteiger partial charge in [0.25, 0.3) is 5.91 Å². The number of thioether (sulfide) groups is 1. The highest BCUT2D eigenvalue weighted by Gasteiger charge is 2.43. The molecule has 8 heteroatoms. The largest absolute Gasteiger partial charge is 0.325 e. The third-order valence-corrected chi connectivity index (χ3v) is 5.57. The summed E-state index contributed by atoms with van der Waals surface area (Å²) in [4.78, 5) is 25.4. The minimum Gasteiger partial charge on any atom is -0.324 e. The number of urea groups is 1. The van der Waals surface area contributed by atoms with Gasteiger partial charge in [-0.2, -0.15) is 0 Å².